The van der Waals surface area contributed by atoms with E-state index >= 15 is 0 Å². The molecule has 0 atom stereocenters. The minimum absolute atomic E-state index is 0.0886. The molecule has 1 saturated heterocycles. The van der Waals surface area contributed by atoms with Crippen LogP contribution in [0.25, 0.3) is 0 Å². The quantitative estimate of drug-likeness (QED) is 0.814. The Bertz CT molecular complexity index is 855. The van der Waals surface area contributed by atoms with E-state index in [1.807, 2.05) is 17.4 Å². The molecule has 0 unspecified atom stereocenters. The minimum Gasteiger partial charge on any atom is -0.348 e. The highest BCUT2D eigenvalue weighted by Crippen LogP contribution is 2.33. The number of piperidine rings is 1. The lowest BCUT2D eigenvalue weighted by molar-refractivity contribution is 0.332. The van der Waals surface area contributed by atoms with E-state index in [1.165, 1.54) is 53.4 Å². The Morgan fingerprint density at radius 2 is 1.74 bits per heavy atom. The number of hydrogen-bond acceptors (Lipinski definition) is 5. The first-order valence-corrected chi connectivity index (χ1v) is 11.4. The first kappa shape index (κ1) is 17.4. The Hall–Kier alpha value is -1.69. The van der Waals surface area contributed by atoms with Crippen molar-refractivity contribution in [3.8, 4) is 0 Å². The molecule has 2 aromatic rings. The van der Waals surface area contributed by atoms with Crippen LogP contribution >= 0.6 is 11.3 Å². The van der Waals surface area contributed by atoms with Gasteiger partial charge in [0.1, 0.15) is 0 Å². The van der Waals surface area contributed by atoms with Crippen LogP contribution in [0.4, 0.5) is 5.13 Å². The highest BCUT2D eigenvalue weighted by Gasteiger charge is 2.25. The average molecular weight is 385 g/mol. The molecular formula is C21H28N4OS. The van der Waals surface area contributed by atoms with Gasteiger partial charge in [0, 0.05) is 30.6 Å². The van der Waals surface area contributed by atoms with Gasteiger partial charge in [-0.2, -0.15) is 5.10 Å². The monoisotopic (exact) mass is 384 g/mol. The Balaban J connectivity index is 1.23. The van der Waals surface area contributed by atoms with Gasteiger partial charge in [0.25, 0.3) is 5.56 Å². The second-order valence-corrected chi connectivity index (χ2v) is 9.41. The van der Waals surface area contributed by atoms with Crippen LogP contribution in [0.5, 0.6) is 0 Å². The first-order valence-electron chi connectivity index (χ1n) is 10.6. The molecule has 3 heterocycles. The number of fused-ring (bicyclic) bond motifs is 2. The maximum absolute atomic E-state index is 12.4. The number of aryl methyl sites for hydroxylation is 4. The van der Waals surface area contributed by atoms with E-state index in [9.17, 15) is 4.79 Å². The summed E-state index contributed by atoms with van der Waals surface area (Å²) in [6, 6.07) is 1.84. The summed E-state index contributed by atoms with van der Waals surface area (Å²) in [5.74, 6) is 0.544. The second-order valence-electron chi connectivity index (χ2n) is 8.35. The number of rotatable bonds is 3. The Morgan fingerprint density at radius 1 is 1.00 bits per heavy atom. The third-order valence-electron chi connectivity index (χ3n) is 6.42. The summed E-state index contributed by atoms with van der Waals surface area (Å²) < 4.78 is 1.74. The molecule has 0 bridgehead atoms. The van der Waals surface area contributed by atoms with E-state index < -0.39 is 0 Å². The van der Waals surface area contributed by atoms with Gasteiger partial charge in [-0.25, -0.2) is 9.67 Å². The number of nitrogens with zero attached hydrogens (tertiary/aromatic N) is 4. The molecule has 2 aliphatic carbocycles. The van der Waals surface area contributed by atoms with E-state index in [0.717, 1.165) is 57.4 Å². The highest BCUT2D eigenvalue weighted by atomic mass is 32.1. The molecule has 5 nitrogen and oxygen atoms in total. The SMILES string of the molecule is O=c1cc2c(nn1CC1CCN(c3nc4c(s3)CCCC4)CC1)CCCC2. The lowest BCUT2D eigenvalue weighted by Gasteiger charge is -2.32. The smallest absolute Gasteiger partial charge is 0.267 e. The molecule has 0 spiro atoms. The van der Waals surface area contributed by atoms with Crippen LogP contribution < -0.4 is 10.5 Å². The van der Waals surface area contributed by atoms with Crippen LogP contribution in [-0.2, 0) is 32.2 Å². The normalized spacial score (nSPS) is 20.4. The predicted molar refractivity (Wildman–Crippen MR) is 109 cm³/mol. The lowest BCUT2D eigenvalue weighted by atomic mass is 9.96. The average Bonchev–Trinajstić information content (AvgIpc) is 3.13. The standard InChI is InChI=1S/C21H28N4OS/c26-20-13-16-5-1-2-6-17(16)23-25(20)14-15-9-11-24(12-10-15)21-22-18-7-3-4-8-19(18)27-21/h13,15H,1-12,14H2. The fourth-order valence-electron chi connectivity index (χ4n) is 4.76. The zero-order valence-corrected chi connectivity index (χ0v) is 16.8. The third-order valence-corrected chi connectivity index (χ3v) is 7.64. The second kappa shape index (κ2) is 7.38. The van der Waals surface area contributed by atoms with Gasteiger partial charge in [0.05, 0.1) is 11.4 Å². The van der Waals surface area contributed by atoms with Crippen molar-refractivity contribution in [2.45, 2.75) is 70.8 Å². The molecule has 1 aliphatic heterocycles. The minimum atomic E-state index is 0.0886. The summed E-state index contributed by atoms with van der Waals surface area (Å²) in [5.41, 5.74) is 3.79. The largest absolute Gasteiger partial charge is 0.348 e. The fourth-order valence-corrected chi connectivity index (χ4v) is 5.96. The Kier molecular flexibility index (Phi) is 4.76. The molecule has 0 radical (unpaired) electrons. The number of aromatic nitrogens is 3. The fraction of sp³-hybridized carbons (Fsp3) is 0.667. The molecule has 0 N–H and O–H groups in total. The molecule has 0 amide bonds. The van der Waals surface area contributed by atoms with Crippen molar-refractivity contribution < 1.29 is 0 Å². The molecule has 27 heavy (non-hydrogen) atoms. The van der Waals surface area contributed by atoms with Gasteiger partial charge in [-0.15, -0.1) is 11.3 Å². The van der Waals surface area contributed by atoms with Crippen LogP contribution in [0.2, 0.25) is 0 Å². The van der Waals surface area contributed by atoms with Gasteiger partial charge in [-0.1, -0.05) is 0 Å². The topological polar surface area (TPSA) is 51.0 Å². The van der Waals surface area contributed by atoms with Crippen molar-refractivity contribution in [1.82, 2.24) is 14.8 Å². The first-order chi connectivity index (χ1) is 13.3. The maximum Gasteiger partial charge on any atom is 0.267 e. The predicted octanol–water partition coefficient (Wildman–Crippen LogP) is 3.37. The van der Waals surface area contributed by atoms with Gasteiger partial charge in [0.15, 0.2) is 5.13 Å². The van der Waals surface area contributed by atoms with Crippen LogP contribution in [0, 0.1) is 5.92 Å². The summed E-state index contributed by atoms with van der Waals surface area (Å²) in [6.07, 6.45) is 11.7. The van der Waals surface area contributed by atoms with E-state index in [0.29, 0.717) is 5.92 Å². The van der Waals surface area contributed by atoms with Crippen LogP contribution in [0.15, 0.2) is 10.9 Å². The Labute approximate surface area is 164 Å². The summed E-state index contributed by atoms with van der Waals surface area (Å²) in [7, 11) is 0. The number of hydrogen-bond donors (Lipinski definition) is 0. The van der Waals surface area contributed by atoms with Crippen molar-refractivity contribution in [3.63, 3.8) is 0 Å². The summed E-state index contributed by atoms with van der Waals surface area (Å²) in [5, 5.41) is 5.93. The zero-order valence-electron chi connectivity index (χ0n) is 16.0. The molecule has 5 rings (SSSR count). The lowest BCUT2D eigenvalue weighted by Crippen LogP contribution is -2.37. The number of anilines is 1. The molecule has 3 aliphatic rings. The third kappa shape index (κ3) is 3.56. The van der Waals surface area contributed by atoms with E-state index in [1.54, 1.807) is 4.68 Å². The van der Waals surface area contributed by atoms with Crippen LogP contribution in [0.3, 0.4) is 0 Å². The molecule has 0 aromatic carbocycles. The molecular weight excluding hydrogens is 356 g/mol. The van der Waals surface area contributed by atoms with Gasteiger partial charge in [-0.3, -0.25) is 4.79 Å². The van der Waals surface area contributed by atoms with Crippen LogP contribution in [0.1, 0.15) is 60.4 Å². The molecule has 0 saturated carbocycles. The summed E-state index contributed by atoms with van der Waals surface area (Å²) in [4.78, 5) is 21.3. The Morgan fingerprint density at radius 3 is 2.56 bits per heavy atom. The van der Waals surface area contributed by atoms with Crippen LogP contribution in [-0.4, -0.2) is 27.9 Å². The van der Waals surface area contributed by atoms with Gasteiger partial charge in [0.2, 0.25) is 0 Å². The summed E-state index contributed by atoms with van der Waals surface area (Å²) in [6.45, 7) is 2.88. The number of thiazole rings is 1. The zero-order chi connectivity index (χ0) is 18.2. The van der Waals surface area contributed by atoms with Gasteiger partial charge in [-0.05, 0) is 75.7 Å². The summed E-state index contributed by atoms with van der Waals surface area (Å²) >= 11 is 1.91. The van der Waals surface area contributed by atoms with Crippen molar-refractivity contribution in [2.75, 3.05) is 18.0 Å². The van der Waals surface area contributed by atoms with Crippen molar-refractivity contribution in [3.05, 3.63) is 38.2 Å². The van der Waals surface area contributed by atoms with Crippen molar-refractivity contribution in [1.29, 1.82) is 0 Å². The molecule has 144 valence electrons. The molecule has 2 aromatic heterocycles. The maximum atomic E-state index is 12.4. The molecule has 6 heteroatoms. The van der Waals surface area contributed by atoms with Gasteiger partial charge < -0.3 is 4.90 Å². The highest BCUT2D eigenvalue weighted by molar-refractivity contribution is 7.15. The molecule has 1 fully saturated rings. The van der Waals surface area contributed by atoms with Crippen molar-refractivity contribution in [2.24, 2.45) is 5.92 Å². The van der Waals surface area contributed by atoms with Crippen molar-refractivity contribution >= 4 is 16.5 Å². The van der Waals surface area contributed by atoms with E-state index in [4.69, 9.17) is 10.1 Å². The van der Waals surface area contributed by atoms with E-state index in [2.05, 4.69) is 4.90 Å². The van der Waals surface area contributed by atoms with Gasteiger partial charge >= 0.3 is 0 Å². The van der Waals surface area contributed by atoms with E-state index in [-0.39, 0.29) is 5.56 Å².